The van der Waals surface area contributed by atoms with E-state index in [9.17, 15) is 5.11 Å². The quantitative estimate of drug-likeness (QED) is 0.834. The zero-order chi connectivity index (χ0) is 10.6. The molecule has 0 bridgehead atoms. The lowest BCUT2D eigenvalue weighted by Gasteiger charge is -2.10. The number of halogens is 1. The summed E-state index contributed by atoms with van der Waals surface area (Å²) in [6.45, 7) is 4.41. The molecule has 0 aliphatic heterocycles. The molecule has 14 heavy (non-hydrogen) atoms. The van der Waals surface area contributed by atoms with Crippen molar-refractivity contribution in [1.82, 2.24) is 0 Å². The van der Waals surface area contributed by atoms with Gasteiger partial charge in [-0.2, -0.15) is 0 Å². The molecule has 2 nitrogen and oxygen atoms in total. The number of hydrogen-bond donors (Lipinski definition) is 1. The molecular formula is C11H15ClO2. The van der Waals surface area contributed by atoms with E-state index in [0.717, 1.165) is 12.2 Å². The fraction of sp³-hybridized carbons (Fsp3) is 0.455. The number of ether oxygens (including phenoxy) is 1. The van der Waals surface area contributed by atoms with Crippen LogP contribution in [0.4, 0.5) is 0 Å². The number of benzene rings is 1. The Labute approximate surface area is 89.5 Å². The summed E-state index contributed by atoms with van der Waals surface area (Å²) in [5, 5.41) is 9.99. The first-order chi connectivity index (χ1) is 6.65. The van der Waals surface area contributed by atoms with Gasteiger partial charge in [0.1, 0.15) is 5.75 Å². The zero-order valence-corrected chi connectivity index (χ0v) is 9.21. The smallest absolute Gasteiger partial charge is 0.119 e. The van der Waals surface area contributed by atoms with Crippen molar-refractivity contribution in [1.29, 1.82) is 0 Å². The van der Waals surface area contributed by atoms with E-state index in [-0.39, 0.29) is 0 Å². The Morgan fingerprint density at radius 1 is 1.50 bits per heavy atom. The minimum atomic E-state index is -0.562. The summed E-state index contributed by atoms with van der Waals surface area (Å²) in [6, 6.07) is 5.33. The van der Waals surface area contributed by atoms with Crippen molar-refractivity contribution in [3.05, 3.63) is 28.8 Å². The maximum absolute atomic E-state index is 9.41. The van der Waals surface area contributed by atoms with Gasteiger partial charge in [0.25, 0.3) is 0 Å². The standard InChI is InChI=1S/C11H15ClO2/c1-3-6-14-9-4-5-11(12)10(7-9)8(2)13/h4-5,7-8,13H,3,6H2,1-2H3. The third-order valence-corrected chi connectivity index (χ3v) is 2.23. The number of rotatable bonds is 4. The molecule has 1 aromatic rings. The van der Waals surface area contributed by atoms with Gasteiger partial charge in [0, 0.05) is 10.6 Å². The van der Waals surface area contributed by atoms with E-state index in [1.165, 1.54) is 0 Å². The second kappa shape index (κ2) is 5.23. The van der Waals surface area contributed by atoms with Crippen molar-refractivity contribution in [3.63, 3.8) is 0 Å². The van der Waals surface area contributed by atoms with Crippen molar-refractivity contribution >= 4 is 11.6 Å². The second-order valence-electron chi connectivity index (χ2n) is 3.21. The van der Waals surface area contributed by atoms with Crippen molar-refractivity contribution in [2.45, 2.75) is 26.4 Å². The maximum atomic E-state index is 9.41. The minimum absolute atomic E-state index is 0.562. The van der Waals surface area contributed by atoms with Gasteiger partial charge in [0.05, 0.1) is 12.7 Å². The lowest BCUT2D eigenvalue weighted by atomic mass is 10.1. The molecule has 0 saturated carbocycles. The Bertz CT molecular complexity index is 297. The third kappa shape index (κ3) is 2.89. The van der Waals surface area contributed by atoms with Crippen LogP contribution in [-0.2, 0) is 0 Å². The van der Waals surface area contributed by atoms with Gasteiger partial charge < -0.3 is 9.84 Å². The maximum Gasteiger partial charge on any atom is 0.119 e. The lowest BCUT2D eigenvalue weighted by molar-refractivity contribution is 0.198. The fourth-order valence-corrected chi connectivity index (χ4v) is 1.43. The van der Waals surface area contributed by atoms with E-state index in [2.05, 4.69) is 0 Å². The second-order valence-corrected chi connectivity index (χ2v) is 3.61. The first kappa shape index (κ1) is 11.3. The molecule has 3 heteroatoms. The molecule has 1 atom stereocenters. The monoisotopic (exact) mass is 214 g/mol. The summed E-state index contributed by atoms with van der Waals surface area (Å²) in [5.41, 5.74) is 0.709. The molecule has 0 radical (unpaired) electrons. The van der Waals surface area contributed by atoms with E-state index in [1.807, 2.05) is 13.0 Å². The molecule has 0 aromatic heterocycles. The first-order valence-electron chi connectivity index (χ1n) is 4.75. The molecule has 1 N–H and O–H groups in total. The Morgan fingerprint density at radius 2 is 2.21 bits per heavy atom. The summed E-state index contributed by atoms with van der Waals surface area (Å²) in [5.74, 6) is 0.757. The molecule has 0 saturated heterocycles. The molecule has 78 valence electrons. The van der Waals surface area contributed by atoms with Gasteiger partial charge in [-0.15, -0.1) is 0 Å². The topological polar surface area (TPSA) is 29.5 Å². The van der Waals surface area contributed by atoms with E-state index in [1.54, 1.807) is 19.1 Å². The molecule has 1 rings (SSSR count). The number of aliphatic hydroxyl groups is 1. The molecule has 1 unspecified atom stereocenters. The lowest BCUT2D eigenvalue weighted by Crippen LogP contribution is -1.98. The number of hydrogen-bond acceptors (Lipinski definition) is 2. The summed E-state index contributed by atoms with van der Waals surface area (Å²) in [7, 11) is 0. The van der Waals surface area contributed by atoms with Crippen LogP contribution in [0.25, 0.3) is 0 Å². The van der Waals surface area contributed by atoms with Crippen LogP contribution in [0.15, 0.2) is 18.2 Å². The Hall–Kier alpha value is -0.730. The van der Waals surface area contributed by atoms with Gasteiger partial charge in [0.15, 0.2) is 0 Å². The SMILES string of the molecule is CCCOc1ccc(Cl)c(C(C)O)c1. The highest BCUT2D eigenvalue weighted by Crippen LogP contribution is 2.27. The van der Waals surface area contributed by atoms with Crippen molar-refractivity contribution < 1.29 is 9.84 Å². The molecule has 1 aromatic carbocycles. The van der Waals surface area contributed by atoms with E-state index < -0.39 is 6.10 Å². The molecule has 0 heterocycles. The van der Waals surface area contributed by atoms with Crippen LogP contribution in [0.2, 0.25) is 5.02 Å². The molecule has 0 fully saturated rings. The van der Waals surface area contributed by atoms with Gasteiger partial charge in [-0.1, -0.05) is 18.5 Å². The van der Waals surface area contributed by atoms with Crippen molar-refractivity contribution in [2.24, 2.45) is 0 Å². The summed E-state index contributed by atoms with van der Waals surface area (Å²) in [4.78, 5) is 0. The zero-order valence-electron chi connectivity index (χ0n) is 8.46. The van der Waals surface area contributed by atoms with Crippen LogP contribution >= 0.6 is 11.6 Å². The third-order valence-electron chi connectivity index (χ3n) is 1.89. The van der Waals surface area contributed by atoms with Gasteiger partial charge in [0.2, 0.25) is 0 Å². The summed E-state index contributed by atoms with van der Waals surface area (Å²) < 4.78 is 5.43. The van der Waals surface area contributed by atoms with Crippen LogP contribution < -0.4 is 4.74 Å². The fourth-order valence-electron chi connectivity index (χ4n) is 1.15. The predicted molar refractivity (Wildman–Crippen MR) is 57.9 cm³/mol. The average Bonchev–Trinajstić information content (AvgIpc) is 2.16. The first-order valence-corrected chi connectivity index (χ1v) is 5.13. The predicted octanol–water partition coefficient (Wildman–Crippen LogP) is 3.18. The van der Waals surface area contributed by atoms with Crippen LogP contribution in [0.1, 0.15) is 31.9 Å². The highest BCUT2D eigenvalue weighted by atomic mass is 35.5. The van der Waals surface area contributed by atoms with E-state index in [0.29, 0.717) is 17.2 Å². The number of aliphatic hydroxyl groups excluding tert-OH is 1. The molecule has 0 aliphatic rings. The minimum Gasteiger partial charge on any atom is -0.494 e. The largest absolute Gasteiger partial charge is 0.494 e. The van der Waals surface area contributed by atoms with Gasteiger partial charge in [-0.05, 0) is 31.5 Å². The van der Waals surface area contributed by atoms with Crippen molar-refractivity contribution in [2.75, 3.05) is 6.61 Å². The molecule has 0 spiro atoms. The van der Waals surface area contributed by atoms with Crippen molar-refractivity contribution in [3.8, 4) is 5.75 Å². The van der Waals surface area contributed by atoms with Crippen LogP contribution in [0.5, 0.6) is 5.75 Å². The highest BCUT2D eigenvalue weighted by molar-refractivity contribution is 6.31. The Morgan fingerprint density at radius 3 is 2.79 bits per heavy atom. The van der Waals surface area contributed by atoms with Crippen LogP contribution in [-0.4, -0.2) is 11.7 Å². The van der Waals surface area contributed by atoms with Crippen LogP contribution in [0, 0.1) is 0 Å². The molecular weight excluding hydrogens is 200 g/mol. The Balaban J connectivity index is 2.83. The van der Waals surface area contributed by atoms with Gasteiger partial charge in [-0.25, -0.2) is 0 Å². The van der Waals surface area contributed by atoms with Crippen LogP contribution in [0.3, 0.4) is 0 Å². The highest BCUT2D eigenvalue weighted by Gasteiger charge is 2.07. The normalized spacial score (nSPS) is 12.6. The molecule has 0 aliphatic carbocycles. The van der Waals surface area contributed by atoms with E-state index in [4.69, 9.17) is 16.3 Å². The van der Waals surface area contributed by atoms with Gasteiger partial charge >= 0.3 is 0 Å². The van der Waals surface area contributed by atoms with Gasteiger partial charge in [-0.3, -0.25) is 0 Å². The summed E-state index contributed by atoms with van der Waals surface area (Å²) in [6.07, 6.45) is 0.403. The Kier molecular flexibility index (Phi) is 4.23. The average molecular weight is 215 g/mol. The molecule has 0 amide bonds. The van der Waals surface area contributed by atoms with E-state index >= 15 is 0 Å². The summed E-state index contributed by atoms with van der Waals surface area (Å²) >= 11 is 5.91.